The lowest BCUT2D eigenvalue weighted by Gasteiger charge is -2.38. The van der Waals surface area contributed by atoms with Gasteiger partial charge < -0.3 is 10.1 Å². The molecular weight excluding hydrogens is 224 g/mol. The highest BCUT2D eigenvalue weighted by Crippen LogP contribution is 2.31. The summed E-state index contributed by atoms with van der Waals surface area (Å²) in [7, 11) is 0. The fourth-order valence-electron chi connectivity index (χ4n) is 3.29. The molecule has 0 radical (unpaired) electrons. The Hall–Kier alpha value is -0.900. The van der Waals surface area contributed by atoms with Crippen molar-refractivity contribution in [2.45, 2.75) is 32.0 Å². The zero-order valence-corrected chi connectivity index (χ0v) is 11.1. The molecule has 1 fully saturated rings. The molecule has 0 bridgehead atoms. The molecule has 3 rings (SSSR count). The number of hydrogen-bond acceptors (Lipinski definition) is 3. The van der Waals surface area contributed by atoms with E-state index in [1.54, 1.807) is 0 Å². The van der Waals surface area contributed by atoms with Crippen molar-refractivity contribution >= 4 is 0 Å². The van der Waals surface area contributed by atoms with Gasteiger partial charge in [-0.15, -0.1) is 0 Å². The number of rotatable bonds is 3. The van der Waals surface area contributed by atoms with Gasteiger partial charge in [-0.1, -0.05) is 31.2 Å². The van der Waals surface area contributed by atoms with Crippen molar-refractivity contribution in [3.05, 3.63) is 35.4 Å². The predicted octanol–water partition coefficient (Wildman–Crippen LogP) is 1.94. The number of nitrogens with one attached hydrogen (secondary N) is 1. The molecule has 1 saturated heterocycles. The van der Waals surface area contributed by atoms with Crippen LogP contribution in [0, 0.1) is 0 Å². The first-order chi connectivity index (χ1) is 8.90. The lowest BCUT2D eigenvalue weighted by Crippen LogP contribution is -2.42. The molecule has 3 nitrogen and oxygen atoms in total. The summed E-state index contributed by atoms with van der Waals surface area (Å²) in [5.74, 6) is 0. The number of benzene rings is 1. The smallest absolute Gasteiger partial charge is 0.0721 e. The largest absolute Gasteiger partial charge is 0.375 e. The van der Waals surface area contributed by atoms with Gasteiger partial charge in [0.15, 0.2) is 0 Å². The van der Waals surface area contributed by atoms with E-state index in [2.05, 4.69) is 41.4 Å². The van der Waals surface area contributed by atoms with Crippen LogP contribution in [0.1, 0.15) is 30.5 Å². The Balaban J connectivity index is 1.87. The Morgan fingerprint density at radius 2 is 2.28 bits per heavy atom. The maximum absolute atomic E-state index is 5.79. The Morgan fingerprint density at radius 3 is 3.06 bits per heavy atom. The van der Waals surface area contributed by atoms with Crippen molar-refractivity contribution in [1.29, 1.82) is 0 Å². The van der Waals surface area contributed by atoms with E-state index in [0.717, 1.165) is 32.8 Å². The van der Waals surface area contributed by atoms with E-state index < -0.39 is 0 Å². The summed E-state index contributed by atoms with van der Waals surface area (Å²) in [6.45, 7) is 7.22. The second kappa shape index (κ2) is 5.39. The summed E-state index contributed by atoms with van der Waals surface area (Å²) in [6.07, 6.45) is 1.26. The molecule has 98 valence electrons. The van der Waals surface area contributed by atoms with Crippen molar-refractivity contribution in [2.75, 3.05) is 26.2 Å². The van der Waals surface area contributed by atoms with Gasteiger partial charge in [0.2, 0.25) is 0 Å². The molecule has 2 aliphatic rings. The average Bonchev–Trinajstić information content (AvgIpc) is 2.94. The zero-order valence-electron chi connectivity index (χ0n) is 11.1. The monoisotopic (exact) mass is 246 g/mol. The Kier molecular flexibility index (Phi) is 3.64. The number of hydrogen-bond donors (Lipinski definition) is 1. The van der Waals surface area contributed by atoms with Gasteiger partial charge in [0.05, 0.1) is 19.3 Å². The molecular formula is C15H22N2O. The third-order valence-corrected chi connectivity index (χ3v) is 4.22. The van der Waals surface area contributed by atoms with E-state index in [4.69, 9.17) is 4.74 Å². The summed E-state index contributed by atoms with van der Waals surface area (Å²) in [6, 6.07) is 9.82. The highest BCUT2D eigenvalue weighted by atomic mass is 16.5. The van der Waals surface area contributed by atoms with Gasteiger partial charge in [0.25, 0.3) is 0 Å². The molecule has 2 unspecified atom stereocenters. The van der Waals surface area contributed by atoms with Gasteiger partial charge in [-0.3, -0.25) is 4.90 Å². The third-order valence-electron chi connectivity index (χ3n) is 4.22. The fraction of sp³-hybridized carbons (Fsp3) is 0.600. The van der Waals surface area contributed by atoms with Crippen LogP contribution in [-0.2, 0) is 11.3 Å². The molecule has 18 heavy (non-hydrogen) atoms. The summed E-state index contributed by atoms with van der Waals surface area (Å²) in [5, 5.41) is 3.47. The average molecular weight is 246 g/mol. The van der Waals surface area contributed by atoms with E-state index in [0.29, 0.717) is 12.1 Å². The first kappa shape index (κ1) is 12.2. The summed E-state index contributed by atoms with van der Waals surface area (Å²) >= 11 is 0. The molecule has 1 aromatic rings. The van der Waals surface area contributed by atoms with Gasteiger partial charge in [-0.05, 0) is 30.6 Å². The minimum atomic E-state index is 0.435. The Morgan fingerprint density at radius 1 is 1.39 bits per heavy atom. The molecule has 2 atom stereocenters. The van der Waals surface area contributed by atoms with E-state index >= 15 is 0 Å². The van der Waals surface area contributed by atoms with E-state index in [-0.39, 0.29) is 0 Å². The van der Waals surface area contributed by atoms with Crippen LogP contribution in [0.2, 0.25) is 0 Å². The van der Waals surface area contributed by atoms with Crippen LogP contribution in [-0.4, -0.2) is 37.2 Å². The second-order valence-corrected chi connectivity index (χ2v) is 5.21. The van der Waals surface area contributed by atoms with E-state index in [1.165, 1.54) is 17.5 Å². The summed E-state index contributed by atoms with van der Waals surface area (Å²) < 4.78 is 5.79. The topological polar surface area (TPSA) is 24.5 Å². The Bertz CT molecular complexity index is 401. The predicted molar refractivity (Wildman–Crippen MR) is 72.5 cm³/mol. The van der Waals surface area contributed by atoms with Crippen molar-refractivity contribution in [3.8, 4) is 0 Å². The SMILES string of the molecule is CCN(C1CCNC1)C1COCc2ccccc21. The van der Waals surface area contributed by atoms with E-state index in [1.807, 2.05) is 0 Å². The van der Waals surface area contributed by atoms with Crippen LogP contribution in [0.4, 0.5) is 0 Å². The van der Waals surface area contributed by atoms with Gasteiger partial charge in [-0.25, -0.2) is 0 Å². The fourth-order valence-corrected chi connectivity index (χ4v) is 3.29. The second-order valence-electron chi connectivity index (χ2n) is 5.21. The maximum Gasteiger partial charge on any atom is 0.0721 e. The highest BCUT2D eigenvalue weighted by molar-refractivity contribution is 5.31. The lowest BCUT2D eigenvalue weighted by molar-refractivity contribution is 0.0192. The van der Waals surface area contributed by atoms with Crippen LogP contribution in [0.25, 0.3) is 0 Å². The Labute approximate surface area is 109 Å². The molecule has 0 saturated carbocycles. The molecule has 1 aromatic carbocycles. The van der Waals surface area contributed by atoms with Gasteiger partial charge in [0, 0.05) is 12.6 Å². The van der Waals surface area contributed by atoms with Crippen molar-refractivity contribution in [3.63, 3.8) is 0 Å². The van der Waals surface area contributed by atoms with Crippen molar-refractivity contribution in [1.82, 2.24) is 10.2 Å². The van der Waals surface area contributed by atoms with Crippen molar-refractivity contribution in [2.24, 2.45) is 0 Å². The number of ether oxygens (including phenoxy) is 1. The summed E-state index contributed by atoms with van der Waals surface area (Å²) in [5.41, 5.74) is 2.83. The molecule has 3 heteroatoms. The molecule has 0 aromatic heterocycles. The van der Waals surface area contributed by atoms with Crippen LogP contribution >= 0.6 is 0 Å². The minimum Gasteiger partial charge on any atom is -0.375 e. The van der Waals surface area contributed by atoms with Gasteiger partial charge in [-0.2, -0.15) is 0 Å². The number of likely N-dealkylation sites (N-methyl/N-ethyl adjacent to an activating group) is 1. The summed E-state index contributed by atoms with van der Waals surface area (Å²) in [4.78, 5) is 2.61. The number of nitrogens with zero attached hydrogens (tertiary/aromatic N) is 1. The van der Waals surface area contributed by atoms with Gasteiger partial charge >= 0.3 is 0 Å². The van der Waals surface area contributed by atoms with Crippen molar-refractivity contribution < 1.29 is 4.74 Å². The standard InChI is InChI=1S/C15H22N2O/c1-2-17(13-7-8-16-9-13)15-11-18-10-12-5-3-4-6-14(12)15/h3-6,13,15-16H,2,7-11H2,1H3. The minimum absolute atomic E-state index is 0.435. The molecule has 1 N–H and O–H groups in total. The lowest BCUT2D eigenvalue weighted by atomic mass is 9.96. The van der Waals surface area contributed by atoms with Crippen LogP contribution in [0.5, 0.6) is 0 Å². The molecule has 2 aliphatic heterocycles. The highest BCUT2D eigenvalue weighted by Gasteiger charge is 2.31. The molecule has 2 heterocycles. The van der Waals surface area contributed by atoms with Crippen LogP contribution < -0.4 is 5.32 Å². The quantitative estimate of drug-likeness (QED) is 0.882. The first-order valence-corrected chi connectivity index (χ1v) is 7.02. The maximum atomic E-state index is 5.79. The molecule has 0 spiro atoms. The normalized spacial score (nSPS) is 27.4. The van der Waals surface area contributed by atoms with Crippen LogP contribution in [0.3, 0.4) is 0 Å². The molecule has 0 amide bonds. The third kappa shape index (κ3) is 2.18. The zero-order chi connectivity index (χ0) is 12.4. The van der Waals surface area contributed by atoms with Crippen LogP contribution in [0.15, 0.2) is 24.3 Å². The van der Waals surface area contributed by atoms with E-state index in [9.17, 15) is 0 Å². The first-order valence-electron chi connectivity index (χ1n) is 7.02. The van der Waals surface area contributed by atoms with Gasteiger partial charge in [0.1, 0.15) is 0 Å². The molecule has 0 aliphatic carbocycles. The number of fused-ring (bicyclic) bond motifs is 1.